The molecule has 1 saturated heterocycles. The molecule has 1 aliphatic rings. The van der Waals surface area contributed by atoms with Gasteiger partial charge in [0.25, 0.3) is 5.56 Å². The first-order chi connectivity index (χ1) is 12.5. The Balaban J connectivity index is 1.42. The first kappa shape index (κ1) is 18.4. The van der Waals surface area contributed by atoms with E-state index in [0.717, 1.165) is 51.4 Å². The molecule has 2 aromatic heterocycles. The van der Waals surface area contributed by atoms with Gasteiger partial charge in [0.05, 0.1) is 0 Å². The zero-order valence-corrected chi connectivity index (χ0v) is 15.6. The molecule has 0 aliphatic carbocycles. The summed E-state index contributed by atoms with van der Waals surface area (Å²) in [5.41, 5.74) is 1.18. The number of H-pyrrole nitrogens is 1. The van der Waals surface area contributed by atoms with Gasteiger partial charge in [0, 0.05) is 50.7 Å². The fraction of sp³-hybridized carbons (Fsp3) is 0.526. The molecular weight excluding hydrogens is 330 g/mol. The molecule has 3 rings (SSSR count). The molecule has 26 heavy (non-hydrogen) atoms. The molecule has 0 unspecified atom stereocenters. The smallest absolute Gasteiger partial charge is 0.328 e. The molecule has 3 heterocycles. The van der Waals surface area contributed by atoms with Gasteiger partial charge in [-0.25, -0.2) is 9.78 Å². The van der Waals surface area contributed by atoms with Crippen LogP contribution in [0.4, 0.5) is 5.82 Å². The van der Waals surface area contributed by atoms with Crippen molar-refractivity contribution in [3.63, 3.8) is 0 Å². The van der Waals surface area contributed by atoms with Gasteiger partial charge in [-0.1, -0.05) is 6.07 Å². The Morgan fingerprint density at radius 3 is 2.50 bits per heavy atom. The van der Waals surface area contributed by atoms with Crippen LogP contribution in [0.3, 0.4) is 0 Å². The Hall–Kier alpha value is -2.41. The van der Waals surface area contributed by atoms with Crippen molar-refractivity contribution in [2.45, 2.75) is 33.2 Å². The number of hydrogen-bond acceptors (Lipinski definition) is 5. The third kappa shape index (κ3) is 4.40. The van der Waals surface area contributed by atoms with Crippen molar-refractivity contribution in [1.29, 1.82) is 0 Å². The van der Waals surface area contributed by atoms with Crippen LogP contribution in [-0.4, -0.2) is 52.2 Å². The molecule has 0 aromatic carbocycles. The molecule has 0 saturated carbocycles. The van der Waals surface area contributed by atoms with E-state index in [1.807, 2.05) is 12.3 Å². The molecule has 1 N–H and O–H groups in total. The predicted molar refractivity (Wildman–Crippen MR) is 103 cm³/mol. The number of pyridine rings is 1. The maximum Gasteiger partial charge on any atom is 0.328 e. The molecule has 0 spiro atoms. The number of unbranched alkanes of at least 4 members (excludes halogenated alkanes) is 1. The van der Waals surface area contributed by atoms with Gasteiger partial charge >= 0.3 is 5.69 Å². The SMILES string of the molecule is Cc1cccnc1N1CCN(CCCCn2cc(C)c(=O)[nH]c2=O)CC1. The average molecular weight is 357 g/mol. The van der Waals surface area contributed by atoms with Gasteiger partial charge in [0.1, 0.15) is 5.82 Å². The highest BCUT2D eigenvalue weighted by Crippen LogP contribution is 2.17. The third-order valence-corrected chi connectivity index (χ3v) is 4.97. The fourth-order valence-corrected chi connectivity index (χ4v) is 3.39. The molecule has 0 radical (unpaired) electrons. The van der Waals surface area contributed by atoms with E-state index in [9.17, 15) is 9.59 Å². The second-order valence-electron chi connectivity index (χ2n) is 6.94. The van der Waals surface area contributed by atoms with E-state index >= 15 is 0 Å². The van der Waals surface area contributed by atoms with Crippen LogP contribution in [0, 0.1) is 13.8 Å². The zero-order valence-electron chi connectivity index (χ0n) is 15.6. The molecule has 140 valence electrons. The predicted octanol–water partition coefficient (Wildman–Crippen LogP) is 1.15. The topological polar surface area (TPSA) is 74.2 Å². The molecule has 2 aromatic rings. The maximum absolute atomic E-state index is 11.8. The van der Waals surface area contributed by atoms with E-state index < -0.39 is 0 Å². The number of piperazine rings is 1. The number of nitrogens with one attached hydrogen (secondary N) is 1. The van der Waals surface area contributed by atoms with Crippen LogP contribution in [0.15, 0.2) is 34.1 Å². The van der Waals surface area contributed by atoms with Crippen molar-refractivity contribution in [2.24, 2.45) is 0 Å². The zero-order chi connectivity index (χ0) is 18.5. The van der Waals surface area contributed by atoms with Gasteiger partial charge in [-0.2, -0.15) is 0 Å². The Morgan fingerprint density at radius 1 is 1.04 bits per heavy atom. The monoisotopic (exact) mass is 357 g/mol. The van der Waals surface area contributed by atoms with E-state index in [1.165, 1.54) is 5.56 Å². The summed E-state index contributed by atoms with van der Waals surface area (Å²) in [6, 6.07) is 4.08. The second-order valence-corrected chi connectivity index (χ2v) is 6.94. The molecule has 7 nitrogen and oxygen atoms in total. The highest BCUT2D eigenvalue weighted by molar-refractivity contribution is 5.46. The van der Waals surface area contributed by atoms with Crippen molar-refractivity contribution in [3.8, 4) is 0 Å². The summed E-state index contributed by atoms with van der Waals surface area (Å²) in [5, 5.41) is 0. The summed E-state index contributed by atoms with van der Waals surface area (Å²) < 4.78 is 1.60. The molecule has 1 aliphatic heterocycles. The lowest BCUT2D eigenvalue weighted by molar-refractivity contribution is 0.250. The first-order valence-electron chi connectivity index (χ1n) is 9.24. The van der Waals surface area contributed by atoms with Crippen LogP contribution >= 0.6 is 0 Å². The summed E-state index contributed by atoms with van der Waals surface area (Å²) in [6.07, 6.45) is 5.46. The quantitative estimate of drug-likeness (QED) is 0.785. The van der Waals surface area contributed by atoms with Gasteiger partial charge in [-0.15, -0.1) is 0 Å². The van der Waals surface area contributed by atoms with Gasteiger partial charge in [-0.3, -0.25) is 14.7 Å². The van der Waals surface area contributed by atoms with E-state index in [-0.39, 0.29) is 11.2 Å². The van der Waals surface area contributed by atoms with Crippen molar-refractivity contribution in [2.75, 3.05) is 37.6 Å². The minimum absolute atomic E-state index is 0.299. The molecule has 0 atom stereocenters. The van der Waals surface area contributed by atoms with E-state index in [4.69, 9.17) is 0 Å². The molecular formula is C19H27N5O2. The number of aromatic nitrogens is 3. The average Bonchev–Trinajstić information content (AvgIpc) is 2.64. The van der Waals surface area contributed by atoms with Crippen molar-refractivity contribution in [1.82, 2.24) is 19.4 Å². The summed E-state index contributed by atoms with van der Waals surface area (Å²) in [4.78, 5) is 34.8. The highest BCUT2D eigenvalue weighted by Gasteiger charge is 2.18. The van der Waals surface area contributed by atoms with Crippen LogP contribution in [0.5, 0.6) is 0 Å². The number of rotatable bonds is 6. The second kappa shape index (κ2) is 8.31. The molecule has 7 heteroatoms. The largest absolute Gasteiger partial charge is 0.354 e. The molecule has 1 fully saturated rings. The minimum Gasteiger partial charge on any atom is -0.354 e. The van der Waals surface area contributed by atoms with Crippen LogP contribution in [0.1, 0.15) is 24.0 Å². The van der Waals surface area contributed by atoms with Crippen molar-refractivity contribution < 1.29 is 0 Å². The standard InChI is InChI=1S/C19H27N5O2/c1-15-6-5-7-20-17(15)23-12-10-22(11-13-23)8-3-4-9-24-14-16(2)18(25)21-19(24)26/h5-7,14H,3-4,8-13H2,1-2H3,(H,21,25,26). The summed E-state index contributed by atoms with van der Waals surface area (Å²) in [5.74, 6) is 1.10. The van der Waals surface area contributed by atoms with E-state index in [2.05, 4.69) is 32.8 Å². The number of aromatic amines is 1. The van der Waals surface area contributed by atoms with Crippen molar-refractivity contribution >= 4 is 5.82 Å². The van der Waals surface area contributed by atoms with E-state index in [1.54, 1.807) is 17.7 Å². The Labute approximate surface area is 153 Å². The van der Waals surface area contributed by atoms with Crippen molar-refractivity contribution in [3.05, 3.63) is 56.5 Å². The lowest BCUT2D eigenvalue weighted by Gasteiger charge is -2.36. The van der Waals surface area contributed by atoms with Gasteiger partial charge in [0.2, 0.25) is 0 Å². The van der Waals surface area contributed by atoms with Crippen LogP contribution in [0.25, 0.3) is 0 Å². The van der Waals surface area contributed by atoms with Crippen LogP contribution < -0.4 is 16.1 Å². The highest BCUT2D eigenvalue weighted by atomic mass is 16.2. The summed E-state index contributed by atoms with van der Waals surface area (Å²) >= 11 is 0. The minimum atomic E-state index is -0.319. The van der Waals surface area contributed by atoms with E-state index in [0.29, 0.717) is 12.1 Å². The third-order valence-electron chi connectivity index (χ3n) is 4.97. The lowest BCUT2D eigenvalue weighted by atomic mass is 10.2. The number of anilines is 1. The van der Waals surface area contributed by atoms with Crippen LogP contribution in [-0.2, 0) is 6.54 Å². The lowest BCUT2D eigenvalue weighted by Crippen LogP contribution is -2.47. The van der Waals surface area contributed by atoms with Gasteiger partial charge in [-0.05, 0) is 44.9 Å². The van der Waals surface area contributed by atoms with Gasteiger partial charge < -0.3 is 9.47 Å². The Morgan fingerprint density at radius 2 is 1.77 bits per heavy atom. The number of nitrogens with zero attached hydrogens (tertiary/aromatic N) is 4. The number of hydrogen-bond donors (Lipinski definition) is 1. The Bertz CT molecular complexity index is 849. The molecule has 0 bridgehead atoms. The fourth-order valence-electron chi connectivity index (χ4n) is 3.39. The summed E-state index contributed by atoms with van der Waals surface area (Å²) in [6.45, 7) is 9.57. The van der Waals surface area contributed by atoms with Crippen LogP contribution in [0.2, 0.25) is 0 Å². The first-order valence-corrected chi connectivity index (χ1v) is 9.24. The summed E-state index contributed by atoms with van der Waals surface area (Å²) in [7, 11) is 0. The maximum atomic E-state index is 11.8. The Kier molecular flexibility index (Phi) is 5.88. The molecule has 0 amide bonds. The number of aryl methyl sites for hydroxylation is 3. The normalized spacial score (nSPS) is 15.4. The van der Waals surface area contributed by atoms with Gasteiger partial charge in [0.15, 0.2) is 0 Å².